The maximum absolute atomic E-state index is 4.59. The molecule has 0 fully saturated rings. The molecule has 0 aliphatic heterocycles. The van der Waals surface area contributed by atoms with E-state index < -0.39 is 0 Å². The Hall–Kier alpha value is -1.97. The van der Waals surface area contributed by atoms with Crippen LogP contribution >= 0.6 is 0 Å². The lowest BCUT2D eigenvalue weighted by Gasteiger charge is -1.92. The number of aryl methyl sites for hydroxylation is 4. The van der Waals surface area contributed by atoms with Crippen molar-refractivity contribution in [2.45, 2.75) is 55.4 Å². The van der Waals surface area contributed by atoms with Gasteiger partial charge in [0.15, 0.2) is 0 Å². The number of hydrogen-bond donors (Lipinski definition) is 0. The second-order valence-corrected chi connectivity index (χ2v) is 3.86. The molecule has 0 saturated carbocycles. The summed E-state index contributed by atoms with van der Waals surface area (Å²) in [7, 11) is 1.64. The number of nitrogens with zero attached hydrogens (tertiary/aromatic N) is 3. The van der Waals surface area contributed by atoms with Gasteiger partial charge in [0.05, 0.1) is 5.69 Å². The number of pyridine rings is 1. The fourth-order valence-electron chi connectivity index (χ4n) is 0.885. The summed E-state index contributed by atoms with van der Waals surface area (Å²) in [6.07, 6.45) is 5.31. The van der Waals surface area contributed by atoms with Crippen LogP contribution < -0.4 is 0 Å². The molecular formula is C18H33N3O. The van der Waals surface area contributed by atoms with Gasteiger partial charge in [-0.3, -0.25) is 4.98 Å². The first-order valence-corrected chi connectivity index (χ1v) is 7.62. The van der Waals surface area contributed by atoms with Gasteiger partial charge in [-0.05, 0) is 51.6 Å². The van der Waals surface area contributed by atoms with Crippen molar-refractivity contribution in [2.24, 2.45) is 4.99 Å². The van der Waals surface area contributed by atoms with Crippen LogP contribution in [-0.2, 0) is 0 Å². The zero-order valence-corrected chi connectivity index (χ0v) is 15.8. The Bertz CT molecular complexity index is 427. The minimum Gasteiger partial charge on any atom is -0.364 e. The summed E-state index contributed by atoms with van der Waals surface area (Å²) in [6.45, 7) is 19.1. The fraction of sp³-hybridized carbons (Fsp3) is 0.500. The molecule has 0 N–H and O–H groups in total. The molecule has 0 radical (unpaired) electrons. The van der Waals surface area contributed by atoms with E-state index in [4.69, 9.17) is 0 Å². The first kappa shape index (κ1) is 25.0. The average molecular weight is 307 g/mol. The third-order valence-electron chi connectivity index (χ3n) is 2.29. The van der Waals surface area contributed by atoms with Gasteiger partial charge < -0.3 is 9.52 Å². The second kappa shape index (κ2) is 19.0. The van der Waals surface area contributed by atoms with Crippen molar-refractivity contribution in [3.8, 4) is 0 Å². The van der Waals surface area contributed by atoms with Gasteiger partial charge >= 0.3 is 0 Å². The fourth-order valence-corrected chi connectivity index (χ4v) is 0.885. The van der Waals surface area contributed by atoms with E-state index in [0.29, 0.717) is 0 Å². The van der Waals surface area contributed by atoms with Crippen LogP contribution in [0.1, 0.15) is 50.1 Å². The molecular weight excluding hydrogens is 274 g/mol. The van der Waals surface area contributed by atoms with Crippen molar-refractivity contribution in [3.05, 3.63) is 47.1 Å². The average Bonchev–Trinajstić information content (AvgIpc) is 2.92. The van der Waals surface area contributed by atoms with Gasteiger partial charge in [-0.1, -0.05) is 32.9 Å². The highest BCUT2D eigenvalue weighted by atomic mass is 16.5. The van der Waals surface area contributed by atoms with Crippen LogP contribution in [0, 0.1) is 27.7 Å². The van der Waals surface area contributed by atoms with Crippen molar-refractivity contribution in [1.82, 2.24) is 10.1 Å². The number of rotatable bonds is 0. The van der Waals surface area contributed by atoms with Crippen LogP contribution in [0.5, 0.6) is 0 Å². The topological polar surface area (TPSA) is 51.3 Å². The maximum atomic E-state index is 4.59. The summed E-state index contributed by atoms with van der Waals surface area (Å²) in [4.78, 5) is 7.20. The number of aromatic nitrogens is 2. The first-order valence-electron chi connectivity index (χ1n) is 7.62. The lowest BCUT2D eigenvalue weighted by molar-refractivity contribution is 0.414. The van der Waals surface area contributed by atoms with E-state index in [9.17, 15) is 0 Å². The molecule has 2 heterocycles. The zero-order chi connectivity index (χ0) is 18.0. The van der Waals surface area contributed by atoms with Crippen molar-refractivity contribution in [3.63, 3.8) is 0 Å². The molecule has 2 aromatic rings. The summed E-state index contributed by atoms with van der Waals surface area (Å²) in [5, 5.41) is 3.64. The Balaban J connectivity index is -0.000000236. The molecule has 0 spiro atoms. The van der Waals surface area contributed by atoms with Crippen LogP contribution in [0.15, 0.2) is 34.2 Å². The predicted molar refractivity (Wildman–Crippen MR) is 97.9 cm³/mol. The van der Waals surface area contributed by atoms with Gasteiger partial charge in [0, 0.05) is 25.0 Å². The van der Waals surface area contributed by atoms with E-state index >= 15 is 0 Å². The molecule has 0 bridgehead atoms. The third-order valence-corrected chi connectivity index (χ3v) is 2.29. The molecule has 0 aromatic carbocycles. The van der Waals surface area contributed by atoms with E-state index in [2.05, 4.69) is 40.2 Å². The van der Waals surface area contributed by atoms with Gasteiger partial charge in [0.2, 0.25) is 0 Å². The van der Waals surface area contributed by atoms with Crippen LogP contribution in [-0.4, -0.2) is 23.9 Å². The lowest BCUT2D eigenvalue weighted by Crippen LogP contribution is -1.78. The Morgan fingerprint density at radius 3 is 1.64 bits per heavy atom. The third kappa shape index (κ3) is 14.4. The normalized spacial score (nSPS) is 7.50. The summed E-state index contributed by atoms with van der Waals surface area (Å²) < 4.78 is 4.59. The quantitative estimate of drug-likeness (QED) is 0.616. The van der Waals surface area contributed by atoms with E-state index in [-0.39, 0.29) is 0 Å². The lowest BCUT2D eigenvalue weighted by atomic mass is 10.2. The Morgan fingerprint density at radius 1 is 0.955 bits per heavy atom. The van der Waals surface area contributed by atoms with E-state index in [1.54, 1.807) is 13.3 Å². The predicted octanol–water partition coefficient (Wildman–Crippen LogP) is 5.36. The minimum atomic E-state index is 0.972. The van der Waals surface area contributed by atoms with Gasteiger partial charge in [-0.2, -0.15) is 0 Å². The van der Waals surface area contributed by atoms with E-state index in [1.807, 2.05) is 60.0 Å². The largest absolute Gasteiger partial charge is 0.364 e. The van der Waals surface area contributed by atoms with Crippen molar-refractivity contribution in [2.75, 3.05) is 7.05 Å². The first-order chi connectivity index (χ1) is 10.5. The van der Waals surface area contributed by atoms with Crippen LogP contribution in [0.2, 0.25) is 0 Å². The highest BCUT2D eigenvalue weighted by Gasteiger charge is 1.91. The van der Waals surface area contributed by atoms with Crippen LogP contribution in [0.4, 0.5) is 0 Å². The van der Waals surface area contributed by atoms with E-state index in [1.165, 1.54) is 11.1 Å². The van der Waals surface area contributed by atoms with Gasteiger partial charge in [0.25, 0.3) is 0 Å². The van der Waals surface area contributed by atoms with E-state index in [0.717, 1.165) is 11.3 Å². The monoisotopic (exact) mass is 307 g/mol. The molecule has 22 heavy (non-hydrogen) atoms. The number of aliphatic imine (C=N–C) groups is 1. The molecule has 0 saturated heterocycles. The summed E-state index contributed by atoms with van der Waals surface area (Å²) in [5.41, 5.74) is 4.65. The Morgan fingerprint density at radius 2 is 1.45 bits per heavy atom. The molecule has 0 aliphatic rings. The van der Waals surface area contributed by atoms with Crippen LogP contribution in [0.25, 0.3) is 0 Å². The highest BCUT2D eigenvalue weighted by molar-refractivity contribution is 5.22. The molecule has 2 rings (SSSR count). The molecule has 4 heteroatoms. The zero-order valence-electron chi connectivity index (χ0n) is 15.8. The Kier molecular flexibility index (Phi) is 21.6. The van der Waals surface area contributed by atoms with Gasteiger partial charge in [0.1, 0.15) is 6.26 Å². The smallest absolute Gasteiger partial charge is 0.126 e. The standard InChI is InChI=1S/C7H9N.C5H7NO.C2H5N.2C2H6/c1-6-3-4-8-5-7(6)2;1-4-3-7-6-5(4)2;1-3-2;2*1-2/h3-5H,1-2H3;3H,1-2H3;1H2,2H3;2*1-2H3. The summed E-state index contributed by atoms with van der Waals surface area (Å²) >= 11 is 0. The van der Waals surface area contributed by atoms with Crippen molar-refractivity contribution >= 4 is 6.72 Å². The van der Waals surface area contributed by atoms with Crippen molar-refractivity contribution < 1.29 is 4.52 Å². The summed E-state index contributed by atoms with van der Waals surface area (Å²) in [6, 6.07) is 2.01. The molecule has 126 valence electrons. The second-order valence-electron chi connectivity index (χ2n) is 3.86. The van der Waals surface area contributed by atoms with Crippen molar-refractivity contribution in [1.29, 1.82) is 0 Å². The summed E-state index contributed by atoms with van der Waals surface area (Å²) in [5.74, 6) is 0. The minimum absolute atomic E-state index is 0.972. The molecule has 4 nitrogen and oxygen atoms in total. The molecule has 0 unspecified atom stereocenters. The van der Waals surface area contributed by atoms with Gasteiger partial charge in [-0.25, -0.2) is 0 Å². The number of hydrogen-bond acceptors (Lipinski definition) is 4. The highest BCUT2D eigenvalue weighted by Crippen LogP contribution is 2.00. The molecule has 0 atom stereocenters. The Labute approximate surface area is 136 Å². The molecule has 2 aromatic heterocycles. The molecule has 0 amide bonds. The van der Waals surface area contributed by atoms with Crippen LogP contribution in [0.3, 0.4) is 0 Å². The molecule has 0 aliphatic carbocycles. The van der Waals surface area contributed by atoms with Gasteiger partial charge in [-0.15, -0.1) is 0 Å². The maximum Gasteiger partial charge on any atom is 0.126 e. The SMILES string of the molecule is C=NC.CC.CC.Cc1ccncc1C.Cc1conc1C.